The number of anilines is 1. The molecule has 2 heterocycles. The number of nitriles is 1. The van der Waals surface area contributed by atoms with Crippen LogP contribution in [0, 0.1) is 38.0 Å². The molecule has 264 valence electrons. The third kappa shape index (κ3) is 9.03. The summed E-state index contributed by atoms with van der Waals surface area (Å²) in [7, 11) is 0. The van der Waals surface area contributed by atoms with E-state index in [1.807, 2.05) is 56.5 Å². The van der Waals surface area contributed by atoms with Crippen molar-refractivity contribution in [2.24, 2.45) is 5.92 Å². The number of nitrogens with one attached hydrogen (secondary N) is 2. The molecule has 5 rings (SSSR count). The molecule has 0 spiro atoms. The van der Waals surface area contributed by atoms with Gasteiger partial charge in [-0.3, -0.25) is 9.88 Å². The Morgan fingerprint density at radius 2 is 1.84 bits per heavy atom. The fraction of sp³-hybridized carbons (Fsp3) is 0.318. The molecular formula is C44H51N5O2. The molecule has 1 aromatic heterocycles. The van der Waals surface area contributed by atoms with Crippen molar-refractivity contribution in [2.75, 3.05) is 25.0 Å². The van der Waals surface area contributed by atoms with Crippen LogP contribution in [-0.4, -0.2) is 40.7 Å². The minimum Gasteiger partial charge on any atom is -0.456 e. The molecule has 1 aliphatic heterocycles. The molecule has 0 bridgehead atoms. The molecule has 3 aromatic carbocycles. The number of rotatable bonds is 14. The molecule has 0 radical (unpaired) electrons. The molecule has 1 aliphatic rings. The molecule has 0 amide bonds. The van der Waals surface area contributed by atoms with Crippen LogP contribution in [0.5, 0.6) is 5.75 Å². The highest BCUT2D eigenvalue weighted by Gasteiger charge is 2.21. The summed E-state index contributed by atoms with van der Waals surface area (Å²) in [4.78, 5) is 7.22. The van der Waals surface area contributed by atoms with Crippen molar-refractivity contribution in [3.63, 3.8) is 0 Å². The topological polar surface area (TPSA) is 93.4 Å². The highest BCUT2D eigenvalue weighted by molar-refractivity contribution is 5.84. The quantitative estimate of drug-likeness (QED) is 0.114. The predicted octanol–water partition coefficient (Wildman–Crippen LogP) is 9.02. The van der Waals surface area contributed by atoms with Gasteiger partial charge in [-0.05, 0) is 111 Å². The molecule has 51 heavy (non-hydrogen) atoms. The minimum absolute atomic E-state index is 0.410. The highest BCUT2D eigenvalue weighted by atomic mass is 16.5. The normalized spacial score (nSPS) is 15.1. The number of ether oxygens (including phenoxy) is 1. The Morgan fingerprint density at radius 3 is 2.53 bits per heavy atom. The number of nitrogens with zero attached hydrogens (tertiary/aromatic N) is 3. The maximum atomic E-state index is 10.1. The zero-order valence-electron chi connectivity index (χ0n) is 30.9. The average molecular weight is 682 g/mol. The maximum Gasteiger partial charge on any atom is 0.148 e. The van der Waals surface area contributed by atoms with Gasteiger partial charge in [0.15, 0.2) is 0 Å². The van der Waals surface area contributed by atoms with Crippen LogP contribution in [0.4, 0.5) is 5.69 Å². The lowest BCUT2D eigenvalue weighted by Gasteiger charge is -2.20. The molecule has 1 fully saturated rings. The Morgan fingerprint density at radius 1 is 1.10 bits per heavy atom. The summed E-state index contributed by atoms with van der Waals surface area (Å²) in [6.07, 6.45) is 6.68. The number of hydrogen-bond acceptors (Lipinski definition) is 7. The fourth-order valence-electron chi connectivity index (χ4n) is 6.89. The SMILES string of the molecule is C=C(Oc1c(C)cc(CN2CCC(C)C2)cc1C#N)c1cccc(-c2cccc(NC(=C)c3ncc(CNCC(C)O)cc3/C=C\C)c2C)c1C. The number of aliphatic hydroxyl groups excluding tert-OH is 1. The number of aliphatic hydroxyl groups is 1. The molecule has 1 saturated heterocycles. The molecule has 7 heteroatoms. The van der Waals surface area contributed by atoms with Crippen LogP contribution in [0.15, 0.2) is 80.0 Å². The second-order valence-corrected chi connectivity index (χ2v) is 13.9. The van der Waals surface area contributed by atoms with Gasteiger partial charge in [-0.15, -0.1) is 0 Å². The van der Waals surface area contributed by atoms with Gasteiger partial charge in [0.1, 0.15) is 17.6 Å². The Balaban J connectivity index is 1.36. The Bertz CT molecular complexity index is 1990. The second kappa shape index (κ2) is 16.8. The van der Waals surface area contributed by atoms with E-state index in [0.717, 1.165) is 81.1 Å². The van der Waals surface area contributed by atoms with Crippen LogP contribution in [0.2, 0.25) is 0 Å². The van der Waals surface area contributed by atoms with E-state index < -0.39 is 6.10 Å². The lowest BCUT2D eigenvalue weighted by atomic mass is 9.92. The van der Waals surface area contributed by atoms with Gasteiger partial charge >= 0.3 is 0 Å². The molecule has 3 N–H and O–H groups in total. The lowest BCUT2D eigenvalue weighted by molar-refractivity contribution is 0.191. The minimum atomic E-state index is -0.410. The lowest BCUT2D eigenvalue weighted by Crippen LogP contribution is -2.24. The monoisotopic (exact) mass is 681 g/mol. The zero-order chi connectivity index (χ0) is 36.7. The number of benzene rings is 3. The predicted molar refractivity (Wildman–Crippen MR) is 211 cm³/mol. The number of allylic oxidation sites excluding steroid dienone is 1. The summed E-state index contributed by atoms with van der Waals surface area (Å²) >= 11 is 0. The summed E-state index contributed by atoms with van der Waals surface area (Å²) in [6.45, 7) is 25.1. The molecule has 4 aromatic rings. The van der Waals surface area contributed by atoms with E-state index in [2.05, 4.69) is 85.9 Å². The maximum absolute atomic E-state index is 10.1. The van der Waals surface area contributed by atoms with E-state index in [9.17, 15) is 10.4 Å². The fourth-order valence-corrected chi connectivity index (χ4v) is 6.89. The van der Waals surface area contributed by atoms with Crippen LogP contribution < -0.4 is 15.4 Å². The molecule has 0 saturated carbocycles. The molecule has 0 aliphatic carbocycles. The van der Waals surface area contributed by atoms with Gasteiger partial charge in [0.25, 0.3) is 0 Å². The standard InChI is InChI=1S/C44H51N5O2/c1-9-12-37-21-36(24-46-23-30(4)50)25-47-43(37)33(7)48-42-16-11-15-41(32(42)6)40-14-10-13-39(31(40)5)34(8)51-44-29(3)19-35(20-38(44)22-45)27-49-18-17-28(2)26-49/h9-16,19-21,25,28,30,46,48,50H,7-8,17-18,23-24,26-27H2,1-6H3/b12-9-. The van der Waals surface area contributed by atoms with E-state index in [0.29, 0.717) is 41.8 Å². The van der Waals surface area contributed by atoms with E-state index in [4.69, 9.17) is 9.72 Å². The zero-order valence-corrected chi connectivity index (χ0v) is 30.9. The van der Waals surface area contributed by atoms with Crippen molar-refractivity contribution in [1.29, 1.82) is 5.26 Å². The van der Waals surface area contributed by atoms with Crippen LogP contribution in [0.25, 0.3) is 28.7 Å². The van der Waals surface area contributed by atoms with Gasteiger partial charge in [0.05, 0.1) is 23.1 Å². The Kier molecular flexibility index (Phi) is 12.3. The largest absolute Gasteiger partial charge is 0.456 e. The van der Waals surface area contributed by atoms with Gasteiger partial charge in [0, 0.05) is 49.2 Å². The first-order valence-electron chi connectivity index (χ1n) is 17.8. The first kappa shape index (κ1) is 37.3. The highest BCUT2D eigenvalue weighted by Crippen LogP contribution is 2.36. The number of pyridine rings is 1. The summed E-state index contributed by atoms with van der Waals surface area (Å²) in [5.41, 5.74) is 12.1. The molecule has 2 atom stereocenters. The van der Waals surface area contributed by atoms with Gasteiger partial charge in [0.2, 0.25) is 0 Å². The summed E-state index contributed by atoms with van der Waals surface area (Å²) < 4.78 is 6.41. The van der Waals surface area contributed by atoms with Crippen molar-refractivity contribution in [1.82, 2.24) is 15.2 Å². The average Bonchev–Trinajstić information content (AvgIpc) is 3.51. The number of hydrogen-bond donors (Lipinski definition) is 3. The second-order valence-electron chi connectivity index (χ2n) is 13.9. The van der Waals surface area contributed by atoms with E-state index in [-0.39, 0.29) is 0 Å². The summed E-state index contributed by atoms with van der Waals surface area (Å²) in [5.74, 6) is 1.77. The summed E-state index contributed by atoms with van der Waals surface area (Å²) in [6, 6.07) is 20.9. The summed E-state index contributed by atoms with van der Waals surface area (Å²) in [5, 5.41) is 26.5. The first-order chi connectivity index (χ1) is 24.5. The number of aromatic nitrogens is 1. The van der Waals surface area contributed by atoms with Gasteiger partial charge in [-0.2, -0.15) is 5.26 Å². The van der Waals surface area contributed by atoms with Gasteiger partial charge < -0.3 is 20.5 Å². The number of likely N-dealkylation sites (tertiary alicyclic amines) is 1. The third-order valence-corrected chi connectivity index (χ3v) is 9.51. The van der Waals surface area contributed by atoms with Crippen LogP contribution >= 0.6 is 0 Å². The van der Waals surface area contributed by atoms with Crippen molar-refractivity contribution in [3.8, 4) is 22.9 Å². The molecule has 2 unspecified atom stereocenters. The van der Waals surface area contributed by atoms with E-state index >= 15 is 0 Å². The van der Waals surface area contributed by atoms with E-state index in [1.54, 1.807) is 6.92 Å². The molecular weight excluding hydrogens is 631 g/mol. The molecule has 7 nitrogen and oxygen atoms in total. The van der Waals surface area contributed by atoms with Crippen LogP contribution in [0.1, 0.15) is 77.4 Å². The van der Waals surface area contributed by atoms with Gasteiger partial charge in [-0.25, -0.2) is 0 Å². The van der Waals surface area contributed by atoms with E-state index in [1.165, 1.54) is 6.42 Å². The van der Waals surface area contributed by atoms with Crippen LogP contribution in [-0.2, 0) is 13.1 Å². The van der Waals surface area contributed by atoms with Crippen molar-refractivity contribution in [2.45, 2.75) is 67.2 Å². The third-order valence-electron chi connectivity index (χ3n) is 9.51. The Hall–Kier alpha value is -5.00. The smallest absolute Gasteiger partial charge is 0.148 e. The van der Waals surface area contributed by atoms with Crippen molar-refractivity contribution < 1.29 is 9.84 Å². The Labute approximate surface area is 304 Å². The van der Waals surface area contributed by atoms with Crippen molar-refractivity contribution >= 4 is 23.2 Å². The van der Waals surface area contributed by atoms with Crippen molar-refractivity contribution in [3.05, 3.63) is 130 Å². The van der Waals surface area contributed by atoms with Crippen LogP contribution in [0.3, 0.4) is 0 Å². The first-order valence-corrected chi connectivity index (χ1v) is 17.8. The van der Waals surface area contributed by atoms with Gasteiger partial charge in [-0.1, -0.05) is 68.6 Å². The number of aryl methyl sites for hydroxylation is 1.